The molecule has 0 saturated carbocycles. The summed E-state index contributed by atoms with van der Waals surface area (Å²) in [5.74, 6) is -0.584. The Morgan fingerprint density at radius 2 is 1.88 bits per heavy atom. The van der Waals surface area contributed by atoms with Gasteiger partial charge in [0, 0.05) is 0 Å². The van der Waals surface area contributed by atoms with Crippen molar-refractivity contribution in [2.24, 2.45) is 0 Å². The topological polar surface area (TPSA) is 38.3 Å². The Kier molecular flexibility index (Phi) is 4.22. The van der Waals surface area contributed by atoms with Gasteiger partial charge in [0.05, 0.1) is 13.2 Å². The lowest BCUT2D eigenvalue weighted by Crippen LogP contribution is -2.31. The molecular weight excluding hydrogens is 216 g/mol. The van der Waals surface area contributed by atoms with E-state index in [1.54, 1.807) is 31.2 Å². The molecule has 1 aromatic carbocycles. The summed E-state index contributed by atoms with van der Waals surface area (Å²) in [5, 5.41) is 2.20. The lowest BCUT2D eigenvalue weighted by molar-refractivity contribution is -0.132. The van der Waals surface area contributed by atoms with Crippen LogP contribution in [0.1, 0.15) is 18.5 Å². The maximum atomic E-state index is 12.0. The number of halogens is 2. The molecule has 0 heterocycles. The molecule has 1 aromatic rings. The van der Waals surface area contributed by atoms with Crippen LogP contribution in [0.2, 0.25) is 0 Å². The molecule has 1 N–H and O–H groups in total. The van der Waals surface area contributed by atoms with Gasteiger partial charge in [-0.2, -0.15) is 8.78 Å². The van der Waals surface area contributed by atoms with Crippen LogP contribution >= 0.6 is 0 Å². The Bertz CT molecular complexity index is 352. The molecule has 1 atom stereocenters. The number of benzene rings is 1. The second kappa shape index (κ2) is 5.44. The van der Waals surface area contributed by atoms with E-state index in [1.165, 1.54) is 7.11 Å². The van der Waals surface area contributed by atoms with Gasteiger partial charge in [0.15, 0.2) is 0 Å². The van der Waals surface area contributed by atoms with Crippen LogP contribution in [0, 0.1) is 0 Å². The number of amides is 1. The van der Waals surface area contributed by atoms with Gasteiger partial charge in [-0.15, -0.1) is 0 Å². The van der Waals surface area contributed by atoms with E-state index >= 15 is 0 Å². The minimum Gasteiger partial charge on any atom is -0.497 e. The lowest BCUT2D eigenvalue weighted by Gasteiger charge is -2.14. The van der Waals surface area contributed by atoms with Crippen LogP contribution in [0.3, 0.4) is 0 Å². The fraction of sp³-hybridized carbons (Fsp3) is 0.364. The van der Waals surface area contributed by atoms with Crippen LogP contribution in [-0.2, 0) is 4.79 Å². The second-order valence-corrected chi connectivity index (χ2v) is 3.30. The highest BCUT2D eigenvalue weighted by Crippen LogP contribution is 2.17. The van der Waals surface area contributed by atoms with E-state index in [2.05, 4.69) is 5.32 Å². The van der Waals surface area contributed by atoms with Crippen molar-refractivity contribution in [1.82, 2.24) is 5.32 Å². The molecule has 0 spiro atoms. The zero-order valence-corrected chi connectivity index (χ0v) is 9.04. The van der Waals surface area contributed by atoms with E-state index in [0.29, 0.717) is 5.75 Å². The molecule has 1 unspecified atom stereocenters. The molecule has 0 aliphatic heterocycles. The smallest absolute Gasteiger partial charge is 0.315 e. The van der Waals surface area contributed by atoms with Crippen LogP contribution in [-0.4, -0.2) is 19.4 Å². The minimum absolute atomic E-state index is 0.451. The van der Waals surface area contributed by atoms with Gasteiger partial charge < -0.3 is 10.1 Å². The lowest BCUT2D eigenvalue weighted by atomic mass is 10.1. The highest BCUT2D eigenvalue weighted by Gasteiger charge is 2.17. The number of ether oxygens (including phenoxy) is 1. The second-order valence-electron chi connectivity index (χ2n) is 3.30. The quantitative estimate of drug-likeness (QED) is 0.859. The predicted octanol–water partition coefficient (Wildman–Crippen LogP) is 2.14. The van der Waals surface area contributed by atoms with Crippen LogP contribution in [0.25, 0.3) is 0 Å². The van der Waals surface area contributed by atoms with E-state index in [-0.39, 0.29) is 0 Å². The van der Waals surface area contributed by atoms with E-state index in [1.807, 2.05) is 0 Å². The first-order chi connectivity index (χ1) is 7.54. The van der Waals surface area contributed by atoms with Gasteiger partial charge in [0.1, 0.15) is 5.75 Å². The van der Waals surface area contributed by atoms with E-state index < -0.39 is 18.4 Å². The average molecular weight is 229 g/mol. The SMILES string of the molecule is COc1ccc(C(C)NC(=O)C(F)F)cc1. The van der Waals surface area contributed by atoms with Crippen molar-refractivity contribution in [2.45, 2.75) is 19.4 Å². The Morgan fingerprint density at radius 3 is 2.31 bits per heavy atom. The molecule has 1 rings (SSSR count). The fourth-order valence-corrected chi connectivity index (χ4v) is 1.25. The summed E-state index contributed by atoms with van der Waals surface area (Å²) >= 11 is 0. The summed E-state index contributed by atoms with van der Waals surface area (Å²) in [6, 6.07) is 6.40. The number of hydrogen-bond acceptors (Lipinski definition) is 2. The standard InChI is InChI=1S/C11H13F2NO2/c1-7(14-11(15)10(12)13)8-3-5-9(16-2)6-4-8/h3-7,10H,1-2H3,(H,14,15). The number of rotatable bonds is 4. The van der Waals surface area contributed by atoms with Crippen LogP contribution < -0.4 is 10.1 Å². The fourth-order valence-electron chi connectivity index (χ4n) is 1.25. The first-order valence-corrected chi connectivity index (χ1v) is 4.77. The van der Waals surface area contributed by atoms with E-state index in [0.717, 1.165) is 5.56 Å². The first kappa shape index (κ1) is 12.4. The molecule has 5 heteroatoms. The Balaban J connectivity index is 2.65. The number of alkyl halides is 2. The first-order valence-electron chi connectivity index (χ1n) is 4.77. The molecule has 3 nitrogen and oxygen atoms in total. The molecule has 0 aromatic heterocycles. The summed E-state index contributed by atoms with van der Waals surface area (Å²) in [6.07, 6.45) is -2.99. The molecule has 0 aliphatic carbocycles. The molecule has 16 heavy (non-hydrogen) atoms. The number of carbonyl (C=O) groups excluding carboxylic acids is 1. The summed E-state index contributed by atoms with van der Waals surface area (Å²) in [6.45, 7) is 1.64. The molecule has 1 amide bonds. The molecule has 0 saturated heterocycles. The Morgan fingerprint density at radius 1 is 1.31 bits per heavy atom. The highest BCUT2D eigenvalue weighted by atomic mass is 19.3. The van der Waals surface area contributed by atoms with Crippen molar-refractivity contribution in [1.29, 1.82) is 0 Å². The third kappa shape index (κ3) is 3.18. The van der Waals surface area contributed by atoms with Gasteiger partial charge in [0.25, 0.3) is 5.91 Å². The third-order valence-corrected chi connectivity index (χ3v) is 2.17. The zero-order valence-electron chi connectivity index (χ0n) is 9.04. The summed E-state index contributed by atoms with van der Waals surface area (Å²) in [4.78, 5) is 10.8. The number of nitrogens with one attached hydrogen (secondary N) is 1. The molecule has 0 bridgehead atoms. The van der Waals surface area contributed by atoms with Gasteiger partial charge in [-0.25, -0.2) is 0 Å². The highest BCUT2D eigenvalue weighted by molar-refractivity contribution is 5.79. The largest absolute Gasteiger partial charge is 0.497 e. The van der Waals surface area contributed by atoms with Crippen LogP contribution in [0.15, 0.2) is 24.3 Å². The average Bonchev–Trinajstić information content (AvgIpc) is 2.28. The summed E-state index contributed by atoms with van der Waals surface area (Å²) < 4.78 is 28.9. The zero-order chi connectivity index (χ0) is 12.1. The number of hydrogen-bond donors (Lipinski definition) is 1. The number of carbonyl (C=O) groups is 1. The van der Waals surface area contributed by atoms with E-state index in [4.69, 9.17) is 4.74 Å². The monoisotopic (exact) mass is 229 g/mol. The van der Waals surface area contributed by atoms with Crippen molar-refractivity contribution < 1.29 is 18.3 Å². The van der Waals surface area contributed by atoms with Crippen molar-refractivity contribution >= 4 is 5.91 Å². The maximum absolute atomic E-state index is 12.0. The molecular formula is C11H13F2NO2. The van der Waals surface area contributed by atoms with Crippen LogP contribution in [0.4, 0.5) is 8.78 Å². The summed E-state index contributed by atoms with van der Waals surface area (Å²) in [5.41, 5.74) is 0.745. The minimum atomic E-state index is -2.99. The molecule has 0 aliphatic rings. The Hall–Kier alpha value is -1.65. The van der Waals surface area contributed by atoms with Crippen molar-refractivity contribution in [2.75, 3.05) is 7.11 Å². The molecule has 88 valence electrons. The maximum Gasteiger partial charge on any atom is 0.315 e. The number of methoxy groups -OCH3 is 1. The Labute approximate surface area is 92.4 Å². The molecule has 0 fully saturated rings. The van der Waals surface area contributed by atoms with Gasteiger partial charge in [-0.3, -0.25) is 4.79 Å². The van der Waals surface area contributed by atoms with Gasteiger partial charge in [0.2, 0.25) is 0 Å². The van der Waals surface area contributed by atoms with Gasteiger partial charge >= 0.3 is 6.43 Å². The summed E-state index contributed by atoms with van der Waals surface area (Å²) in [7, 11) is 1.54. The van der Waals surface area contributed by atoms with Crippen molar-refractivity contribution in [3.63, 3.8) is 0 Å². The predicted molar refractivity (Wildman–Crippen MR) is 55.6 cm³/mol. The van der Waals surface area contributed by atoms with Crippen molar-refractivity contribution in [3.8, 4) is 5.75 Å². The molecule has 0 radical (unpaired) electrons. The third-order valence-electron chi connectivity index (χ3n) is 2.17. The van der Waals surface area contributed by atoms with Crippen LogP contribution in [0.5, 0.6) is 5.75 Å². The normalized spacial score (nSPS) is 12.3. The van der Waals surface area contributed by atoms with Crippen molar-refractivity contribution in [3.05, 3.63) is 29.8 Å². The van der Waals surface area contributed by atoms with E-state index in [9.17, 15) is 13.6 Å². The van der Waals surface area contributed by atoms with Gasteiger partial charge in [-0.1, -0.05) is 12.1 Å². The van der Waals surface area contributed by atoms with Gasteiger partial charge in [-0.05, 0) is 24.6 Å².